The molecule has 36 heavy (non-hydrogen) atoms. The second kappa shape index (κ2) is 10.6. The fraction of sp³-hybridized carbons (Fsp3) is 0.280. The summed E-state index contributed by atoms with van der Waals surface area (Å²) >= 11 is 0. The second-order valence-electron chi connectivity index (χ2n) is 7.78. The number of aromatic hydroxyl groups is 1. The molecule has 1 heterocycles. The number of methoxy groups -OCH3 is 3. The van der Waals surface area contributed by atoms with Gasteiger partial charge in [-0.15, -0.1) is 13.2 Å². The molecule has 1 unspecified atom stereocenters. The van der Waals surface area contributed by atoms with E-state index in [9.17, 15) is 27.9 Å². The van der Waals surface area contributed by atoms with E-state index in [0.717, 1.165) is 14.2 Å². The molecule has 3 rings (SSSR count). The molecule has 1 N–H and O–H groups in total. The number of fused-ring (bicyclic) bond motifs is 1. The minimum atomic E-state index is -4.86. The molecule has 0 radical (unpaired) electrons. The van der Waals surface area contributed by atoms with E-state index in [4.69, 9.17) is 14.2 Å². The summed E-state index contributed by atoms with van der Waals surface area (Å²) in [4.78, 5) is 27.0. The fourth-order valence-corrected chi connectivity index (χ4v) is 3.80. The first-order valence-electron chi connectivity index (χ1n) is 10.6. The second-order valence-corrected chi connectivity index (χ2v) is 7.78. The van der Waals surface area contributed by atoms with Gasteiger partial charge in [0.2, 0.25) is 0 Å². The number of nitrogens with zero attached hydrogens (tertiary/aromatic N) is 1. The first-order valence-corrected chi connectivity index (χ1v) is 10.6. The lowest BCUT2D eigenvalue weighted by Gasteiger charge is -2.32. The molecule has 0 amide bonds. The van der Waals surface area contributed by atoms with E-state index in [1.54, 1.807) is 24.0 Å². The first-order chi connectivity index (χ1) is 17.0. The van der Waals surface area contributed by atoms with Crippen LogP contribution in [-0.4, -0.2) is 49.6 Å². The number of benzene rings is 2. The lowest BCUT2D eigenvalue weighted by atomic mass is 9.93. The van der Waals surface area contributed by atoms with Crippen molar-refractivity contribution in [3.8, 4) is 17.2 Å². The van der Waals surface area contributed by atoms with Crippen LogP contribution in [0.2, 0.25) is 0 Å². The Kier molecular flexibility index (Phi) is 7.81. The molecule has 1 aliphatic heterocycles. The van der Waals surface area contributed by atoms with Crippen molar-refractivity contribution in [3.05, 3.63) is 70.4 Å². The van der Waals surface area contributed by atoms with Crippen LogP contribution in [0.3, 0.4) is 0 Å². The molecule has 2 aromatic rings. The molecular formula is C25H24F3NO7. The van der Waals surface area contributed by atoms with Crippen LogP contribution in [0.1, 0.15) is 29.7 Å². The van der Waals surface area contributed by atoms with Crippen LogP contribution in [0, 0.1) is 0 Å². The van der Waals surface area contributed by atoms with Crippen molar-refractivity contribution < 1.29 is 46.8 Å². The molecule has 0 aliphatic carbocycles. The van der Waals surface area contributed by atoms with Gasteiger partial charge in [0.05, 0.1) is 38.5 Å². The third kappa shape index (κ3) is 5.91. The highest BCUT2D eigenvalue weighted by Gasteiger charge is 2.32. The summed E-state index contributed by atoms with van der Waals surface area (Å²) in [6, 6.07) is 7.85. The minimum Gasteiger partial charge on any atom is -0.504 e. The zero-order valence-corrected chi connectivity index (χ0v) is 19.9. The quantitative estimate of drug-likeness (QED) is 0.572. The third-order valence-electron chi connectivity index (χ3n) is 5.52. The maximum absolute atomic E-state index is 12.7. The maximum atomic E-state index is 12.7. The van der Waals surface area contributed by atoms with Crippen LogP contribution in [0.25, 0.3) is 6.08 Å². The van der Waals surface area contributed by atoms with Gasteiger partial charge in [0.25, 0.3) is 0 Å². The smallest absolute Gasteiger partial charge is 0.504 e. The Bertz CT molecular complexity index is 1220. The summed E-state index contributed by atoms with van der Waals surface area (Å²) in [5.74, 6) is -2.09. The number of phenolic OH excluding ortho intramolecular Hbond substituents is 1. The predicted molar refractivity (Wildman–Crippen MR) is 122 cm³/mol. The van der Waals surface area contributed by atoms with Crippen molar-refractivity contribution in [1.82, 2.24) is 4.90 Å². The van der Waals surface area contributed by atoms with E-state index >= 15 is 0 Å². The van der Waals surface area contributed by atoms with Gasteiger partial charge in [-0.25, -0.2) is 9.59 Å². The van der Waals surface area contributed by atoms with E-state index < -0.39 is 30.1 Å². The minimum absolute atomic E-state index is 0.0216. The average Bonchev–Trinajstić information content (AvgIpc) is 2.82. The molecule has 0 saturated carbocycles. The van der Waals surface area contributed by atoms with E-state index in [2.05, 4.69) is 4.74 Å². The van der Waals surface area contributed by atoms with Gasteiger partial charge in [-0.2, -0.15) is 0 Å². The zero-order valence-electron chi connectivity index (χ0n) is 19.9. The number of rotatable bonds is 6. The van der Waals surface area contributed by atoms with Crippen LogP contribution < -0.4 is 9.47 Å². The number of hydrogen-bond acceptors (Lipinski definition) is 8. The highest BCUT2D eigenvalue weighted by molar-refractivity contribution is 6.10. The molecule has 0 saturated heterocycles. The van der Waals surface area contributed by atoms with Gasteiger partial charge in [-0.1, -0.05) is 12.1 Å². The standard InChI is InChI=1S/C25H24F3NO7/c1-14-18-11-22(33-2)21(30)10-16(18)9-19(23(31)34-3)20(24(32)35-4)13-29(14)12-15-6-5-7-17(8-15)36-25(26,27)28/h5-11,13-14,30H,12H2,1-4H3. The van der Waals surface area contributed by atoms with Gasteiger partial charge in [-0.05, 0) is 54.0 Å². The van der Waals surface area contributed by atoms with Crippen LogP contribution in [0.4, 0.5) is 13.2 Å². The fourth-order valence-electron chi connectivity index (χ4n) is 3.80. The van der Waals surface area contributed by atoms with Gasteiger partial charge in [0.1, 0.15) is 5.75 Å². The Balaban J connectivity index is 2.19. The van der Waals surface area contributed by atoms with Crippen molar-refractivity contribution in [2.75, 3.05) is 21.3 Å². The van der Waals surface area contributed by atoms with Crippen LogP contribution in [-0.2, 0) is 25.6 Å². The van der Waals surface area contributed by atoms with Gasteiger partial charge >= 0.3 is 18.3 Å². The van der Waals surface area contributed by atoms with Gasteiger partial charge < -0.3 is 29.0 Å². The summed E-state index contributed by atoms with van der Waals surface area (Å²) in [6.07, 6.45) is -2.07. The number of alkyl halides is 3. The highest BCUT2D eigenvalue weighted by atomic mass is 19.4. The first kappa shape index (κ1) is 26.5. The van der Waals surface area contributed by atoms with Crippen molar-refractivity contribution in [2.45, 2.75) is 25.9 Å². The van der Waals surface area contributed by atoms with Crippen LogP contribution in [0.5, 0.6) is 17.2 Å². The number of carbonyl (C=O) groups excluding carboxylic acids is 2. The number of halogens is 3. The van der Waals surface area contributed by atoms with E-state index in [-0.39, 0.29) is 29.2 Å². The lowest BCUT2D eigenvalue weighted by molar-refractivity contribution is -0.274. The number of hydrogen-bond donors (Lipinski definition) is 1. The van der Waals surface area contributed by atoms with Crippen molar-refractivity contribution in [3.63, 3.8) is 0 Å². The molecule has 0 bridgehead atoms. The molecule has 192 valence electrons. The van der Waals surface area contributed by atoms with Gasteiger partial charge in [0, 0.05) is 12.7 Å². The molecule has 0 aromatic heterocycles. The molecule has 11 heteroatoms. The number of phenols is 1. The summed E-state index contributed by atoms with van der Waals surface area (Å²) in [5.41, 5.74) is 1.16. The predicted octanol–water partition coefficient (Wildman–Crippen LogP) is 4.49. The Hall–Kier alpha value is -4.15. The Morgan fingerprint density at radius 3 is 2.31 bits per heavy atom. The van der Waals surface area contributed by atoms with Crippen molar-refractivity contribution >= 4 is 18.0 Å². The van der Waals surface area contributed by atoms with Crippen molar-refractivity contribution in [1.29, 1.82) is 0 Å². The van der Waals surface area contributed by atoms with E-state index in [1.807, 2.05) is 0 Å². The molecule has 1 atom stereocenters. The molecule has 0 spiro atoms. The molecular weight excluding hydrogens is 483 g/mol. The van der Waals surface area contributed by atoms with E-state index in [1.165, 1.54) is 43.7 Å². The lowest BCUT2D eigenvalue weighted by Crippen LogP contribution is -2.27. The van der Waals surface area contributed by atoms with Crippen LogP contribution >= 0.6 is 0 Å². The summed E-state index contributed by atoms with van der Waals surface area (Å²) in [5, 5.41) is 10.3. The Morgan fingerprint density at radius 1 is 1.03 bits per heavy atom. The van der Waals surface area contributed by atoms with Gasteiger partial charge in [-0.3, -0.25) is 0 Å². The zero-order chi connectivity index (χ0) is 26.6. The van der Waals surface area contributed by atoms with E-state index in [0.29, 0.717) is 16.7 Å². The Morgan fingerprint density at radius 2 is 1.69 bits per heavy atom. The van der Waals surface area contributed by atoms with Crippen LogP contribution in [0.15, 0.2) is 53.7 Å². The molecule has 1 aliphatic rings. The normalized spacial score (nSPS) is 15.5. The largest absolute Gasteiger partial charge is 0.573 e. The number of carbonyl (C=O) groups is 2. The molecule has 8 nitrogen and oxygen atoms in total. The SMILES string of the molecule is COC(=O)C1=Cc2cc(O)c(OC)cc2C(C)N(Cc2cccc(OC(F)(F)F)c2)C=C1C(=O)OC. The topological polar surface area (TPSA) is 94.5 Å². The highest BCUT2D eigenvalue weighted by Crippen LogP contribution is 2.39. The maximum Gasteiger partial charge on any atom is 0.573 e. The number of ether oxygens (including phenoxy) is 4. The number of esters is 2. The average molecular weight is 507 g/mol. The summed E-state index contributed by atoms with van der Waals surface area (Å²) in [6.45, 7) is 1.81. The molecule has 2 aromatic carbocycles. The van der Waals surface area contributed by atoms with Crippen molar-refractivity contribution in [2.24, 2.45) is 0 Å². The Labute approximate surface area is 205 Å². The molecule has 0 fully saturated rings. The third-order valence-corrected chi connectivity index (χ3v) is 5.52. The van der Waals surface area contributed by atoms with Gasteiger partial charge in [0.15, 0.2) is 11.5 Å². The summed E-state index contributed by atoms with van der Waals surface area (Å²) < 4.78 is 57.1. The summed E-state index contributed by atoms with van der Waals surface area (Å²) in [7, 11) is 3.67. The monoisotopic (exact) mass is 507 g/mol.